The number of ether oxygens (including phenoxy) is 1. The highest BCUT2D eigenvalue weighted by Crippen LogP contribution is 2.31. The molecule has 2 heteroatoms. The van der Waals surface area contributed by atoms with E-state index in [-0.39, 0.29) is 6.10 Å². The molecule has 1 rings (SSSR count). The van der Waals surface area contributed by atoms with Crippen molar-refractivity contribution in [3.05, 3.63) is 0 Å². The molecule has 0 spiro atoms. The van der Waals surface area contributed by atoms with E-state index in [0.717, 1.165) is 12.3 Å². The van der Waals surface area contributed by atoms with Gasteiger partial charge in [-0.3, -0.25) is 4.79 Å². The number of carbonyl (C=O) groups is 1. The summed E-state index contributed by atoms with van der Waals surface area (Å²) in [7, 11) is 0. The highest BCUT2D eigenvalue weighted by molar-refractivity contribution is 5.37. The van der Waals surface area contributed by atoms with Crippen molar-refractivity contribution in [2.45, 2.75) is 32.8 Å². The summed E-state index contributed by atoms with van der Waals surface area (Å²) in [5, 5.41) is 0. The zero-order valence-electron chi connectivity index (χ0n) is 6.54. The Morgan fingerprint density at radius 1 is 1.40 bits per heavy atom. The summed E-state index contributed by atoms with van der Waals surface area (Å²) in [5.41, 5.74) is 0. The van der Waals surface area contributed by atoms with E-state index in [4.69, 9.17) is 4.74 Å². The second kappa shape index (κ2) is 3.04. The van der Waals surface area contributed by atoms with Crippen molar-refractivity contribution in [1.82, 2.24) is 0 Å². The summed E-state index contributed by atoms with van der Waals surface area (Å²) < 4.78 is 4.90. The van der Waals surface area contributed by atoms with E-state index in [1.165, 1.54) is 6.42 Å². The van der Waals surface area contributed by atoms with E-state index in [9.17, 15) is 4.79 Å². The molecule has 0 amide bonds. The number of hydrogen-bond donors (Lipinski definition) is 0. The molecule has 0 heterocycles. The first-order valence-corrected chi connectivity index (χ1v) is 3.83. The number of carbonyl (C=O) groups excluding carboxylic acids is 1. The molecule has 0 N–H and O–H groups in total. The van der Waals surface area contributed by atoms with Crippen LogP contribution in [0.4, 0.5) is 0 Å². The fraction of sp³-hybridized carbons (Fsp3) is 0.875. The lowest BCUT2D eigenvalue weighted by molar-refractivity contribution is -0.134. The van der Waals surface area contributed by atoms with Crippen molar-refractivity contribution < 1.29 is 9.53 Å². The fourth-order valence-corrected chi connectivity index (χ4v) is 1.77. The normalized spacial score (nSPS) is 39.6. The zero-order valence-corrected chi connectivity index (χ0v) is 6.54. The van der Waals surface area contributed by atoms with E-state index in [2.05, 4.69) is 13.8 Å². The van der Waals surface area contributed by atoms with Crippen molar-refractivity contribution in [2.75, 3.05) is 0 Å². The minimum Gasteiger partial charge on any atom is -0.464 e. The van der Waals surface area contributed by atoms with Crippen LogP contribution in [0.1, 0.15) is 26.7 Å². The molecule has 1 fully saturated rings. The van der Waals surface area contributed by atoms with Gasteiger partial charge in [-0.25, -0.2) is 0 Å². The molecule has 58 valence electrons. The minimum atomic E-state index is 0.187. The van der Waals surface area contributed by atoms with Gasteiger partial charge >= 0.3 is 0 Å². The SMILES string of the molecule is CC1C[C@H](C)C[C@@H]1OC=O. The largest absolute Gasteiger partial charge is 0.464 e. The maximum absolute atomic E-state index is 9.99. The maximum Gasteiger partial charge on any atom is 0.293 e. The molecular weight excluding hydrogens is 128 g/mol. The Hall–Kier alpha value is -0.530. The molecule has 1 saturated carbocycles. The standard InChI is InChI=1S/C8H14O2/c1-6-3-7(2)8(4-6)10-5-9/h5-8H,3-4H2,1-2H3/t6-,7?,8-/m0/s1. The topological polar surface area (TPSA) is 26.3 Å². The fourth-order valence-electron chi connectivity index (χ4n) is 1.77. The predicted molar refractivity (Wildman–Crippen MR) is 38.5 cm³/mol. The zero-order chi connectivity index (χ0) is 7.56. The Kier molecular flexibility index (Phi) is 2.30. The third-order valence-electron chi connectivity index (χ3n) is 2.27. The van der Waals surface area contributed by atoms with Crippen molar-refractivity contribution in [2.24, 2.45) is 11.8 Å². The summed E-state index contributed by atoms with van der Waals surface area (Å²) in [6, 6.07) is 0. The lowest BCUT2D eigenvalue weighted by atomic mass is 10.1. The molecule has 0 bridgehead atoms. The van der Waals surface area contributed by atoms with Crippen molar-refractivity contribution in [3.8, 4) is 0 Å². The van der Waals surface area contributed by atoms with Gasteiger partial charge in [-0.2, -0.15) is 0 Å². The average Bonchev–Trinajstić information content (AvgIpc) is 2.13. The van der Waals surface area contributed by atoms with Crippen LogP contribution in [0.15, 0.2) is 0 Å². The van der Waals surface area contributed by atoms with Gasteiger partial charge in [0.15, 0.2) is 0 Å². The third kappa shape index (κ3) is 1.49. The Morgan fingerprint density at radius 2 is 2.10 bits per heavy atom. The van der Waals surface area contributed by atoms with Gasteiger partial charge in [-0.15, -0.1) is 0 Å². The van der Waals surface area contributed by atoms with Gasteiger partial charge in [-0.05, 0) is 24.7 Å². The van der Waals surface area contributed by atoms with Crippen LogP contribution >= 0.6 is 0 Å². The average molecular weight is 142 g/mol. The summed E-state index contributed by atoms with van der Waals surface area (Å²) in [4.78, 5) is 9.99. The van der Waals surface area contributed by atoms with Gasteiger partial charge in [0, 0.05) is 0 Å². The molecule has 0 aliphatic heterocycles. The molecule has 3 atom stereocenters. The molecule has 1 aliphatic carbocycles. The van der Waals surface area contributed by atoms with Crippen molar-refractivity contribution in [3.63, 3.8) is 0 Å². The Morgan fingerprint density at radius 3 is 2.50 bits per heavy atom. The number of rotatable bonds is 2. The van der Waals surface area contributed by atoms with Gasteiger partial charge in [0.25, 0.3) is 6.47 Å². The van der Waals surface area contributed by atoms with Crippen LogP contribution in [0, 0.1) is 11.8 Å². The first-order chi connectivity index (χ1) is 4.74. The summed E-state index contributed by atoms with van der Waals surface area (Å²) in [6.07, 6.45) is 2.42. The third-order valence-corrected chi connectivity index (χ3v) is 2.27. The van der Waals surface area contributed by atoms with Crippen molar-refractivity contribution >= 4 is 6.47 Å². The van der Waals surface area contributed by atoms with E-state index in [0.29, 0.717) is 12.4 Å². The van der Waals surface area contributed by atoms with Crippen molar-refractivity contribution in [1.29, 1.82) is 0 Å². The molecule has 1 aliphatic rings. The van der Waals surface area contributed by atoms with E-state index >= 15 is 0 Å². The predicted octanol–water partition coefficient (Wildman–Crippen LogP) is 1.59. The van der Waals surface area contributed by atoms with Crippen LogP contribution in [0.5, 0.6) is 0 Å². The summed E-state index contributed by atoms with van der Waals surface area (Å²) >= 11 is 0. The highest BCUT2D eigenvalue weighted by atomic mass is 16.5. The van der Waals surface area contributed by atoms with E-state index < -0.39 is 0 Å². The Labute approximate surface area is 61.6 Å². The molecule has 10 heavy (non-hydrogen) atoms. The van der Waals surface area contributed by atoms with Gasteiger partial charge in [-0.1, -0.05) is 13.8 Å². The van der Waals surface area contributed by atoms with Gasteiger partial charge in [0.05, 0.1) is 0 Å². The van der Waals surface area contributed by atoms with Crippen LogP contribution in [0.3, 0.4) is 0 Å². The Bertz CT molecular complexity index is 122. The number of hydrogen-bond acceptors (Lipinski definition) is 2. The monoisotopic (exact) mass is 142 g/mol. The van der Waals surface area contributed by atoms with Crippen LogP contribution in [0.25, 0.3) is 0 Å². The Balaban J connectivity index is 2.38. The van der Waals surface area contributed by atoms with Crippen LogP contribution in [-0.2, 0) is 9.53 Å². The smallest absolute Gasteiger partial charge is 0.293 e. The molecule has 0 saturated heterocycles. The molecule has 0 aromatic carbocycles. The highest BCUT2D eigenvalue weighted by Gasteiger charge is 2.29. The first kappa shape index (κ1) is 7.58. The van der Waals surface area contributed by atoms with Crippen LogP contribution < -0.4 is 0 Å². The lowest BCUT2D eigenvalue weighted by Crippen LogP contribution is -2.14. The van der Waals surface area contributed by atoms with E-state index in [1.807, 2.05) is 0 Å². The van der Waals surface area contributed by atoms with Crippen LogP contribution in [0.2, 0.25) is 0 Å². The minimum absolute atomic E-state index is 0.187. The molecular formula is C8H14O2. The van der Waals surface area contributed by atoms with Gasteiger partial charge < -0.3 is 4.74 Å². The van der Waals surface area contributed by atoms with Gasteiger partial charge in [0.2, 0.25) is 0 Å². The lowest BCUT2D eigenvalue weighted by Gasteiger charge is -2.11. The van der Waals surface area contributed by atoms with Gasteiger partial charge in [0.1, 0.15) is 6.10 Å². The molecule has 0 radical (unpaired) electrons. The molecule has 1 unspecified atom stereocenters. The first-order valence-electron chi connectivity index (χ1n) is 3.83. The van der Waals surface area contributed by atoms with E-state index in [1.54, 1.807) is 0 Å². The summed E-state index contributed by atoms with van der Waals surface area (Å²) in [6.45, 7) is 4.90. The summed E-state index contributed by atoms with van der Waals surface area (Å²) in [5.74, 6) is 1.28. The molecule has 0 aromatic rings. The molecule has 0 aromatic heterocycles. The molecule has 2 nitrogen and oxygen atoms in total. The second-order valence-electron chi connectivity index (χ2n) is 3.32. The van der Waals surface area contributed by atoms with Crippen LogP contribution in [-0.4, -0.2) is 12.6 Å². The quantitative estimate of drug-likeness (QED) is 0.547. The maximum atomic E-state index is 9.99. The second-order valence-corrected chi connectivity index (χ2v) is 3.32.